The van der Waals surface area contributed by atoms with E-state index >= 15 is 0 Å². The third-order valence-electron chi connectivity index (χ3n) is 1.89. The standard InChI is InChI=1S/C12H8ClFS/c13-9-5-1-3-7-11(9)15-12-8-4-2-6-10(12)14/h1-8H. The maximum Gasteiger partial charge on any atom is 0.137 e. The topological polar surface area (TPSA) is 0 Å². The maximum absolute atomic E-state index is 13.3. The molecule has 2 rings (SSSR count). The molecule has 2 aromatic carbocycles. The summed E-state index contributed by atoms with van der Waals surface area (Å²) in [5.41, 5.74) is 0. The van der Waals surface area contributed by atoms with Crippen LogP contribution in [0, 0.1) is 5.82 Å². The van der Waals surface area contributed by atoms with Gasteiger partial charge >= 0.3 is 0 Å². The second-order valence-corrected chi connectivity index (χ2v) is 4.45. The molecule has 0 aliphatic rings. The molecule has 0 radical (unpaired) electrons. The van der Waals surface area contributed by atoms with Crippen LogP contribution in [-0.2, 0) is 0 Å². The summed E-state index contributed by atoms with van der Waals surface area (Å²) in [7, 11) is 0. The molecular formula is C12H8ClFS. The quantitative estimate of drug-likeness (QED) is 0.735. The van der Waals surface area contributed by atoms with Crippen LogP contribution in [0.1, 0.15) is 0 Å². The lowest BCUT2D eigenvalue weighted by Crippen LogP contribution is -1.80. The molecule has 2 aromatic rings. The summed E-state index contributed by atoms with van der Waals surface area (Å²) in [6.45, 7) is 0. The van der Waals surface area contributed by atoms with E-state index in [2.05, 4.69) is 0 Å². The lowest BCUT2D eigenvalue weighted by atomic mass is 10.3. The van der Waals surface area contributed by atoms with E-state index in [0.29, 0.717) is 9.92 Å². The number of benzene rings is 2. The Morgan fingerprint density at radius 2 is 1.47 bits per heavy atom. The van der Waals surface area contributed by atoms with Crippen molar-refractivity contribution in [1.82, 2.24) is 0 Å². The summed E-state index contributed by atoms with van der Waals surface area (Å²) in [5.74, 6) is -0.220. The van der Waals surface area contributed by atoms with Gasteiger partial charge in [-0.25, -0.2) is 4.39 Å². The Hall–Kier alpha value is -0.990. The van der Waals surface area contributed by atoms with Crippen LogP contribution in [0.2, 0.25) is 5.02 Å². The summed E-state index contributed by atoms with van der Waals surface area (Å²) in [6, 6.07) is 14.1. The van der Waals surface area contributed by atoms with Crippen molar-refractivity contribution in [2.75, 3.05) is 0 Å². The Bertz CT molecular complexity index is 427. The summed E-state index contributed by atoms with van der Waals surface area (Å²) in [4.78, 5) is 1.45. The predicted octanol–water partition coefficient (Wildman–Crippen LogP) is 4.63. The molecule has 0 amide bonds. The van der Waals surface area contributed by atoms with Crippen LogP contribution >= 0.6 is 23.4 Å². The summed E-state index contributed by atoms with van der Waals surface area (Å²) in [6.07, 6.45) is 0. The Morgan fingerprint density at radius 3 is 2.13 bits per heavy atom. The number of rotatable bonds is 2. The Labute approximate surface area is 97.1 Å². The Morgan fingerprint density at radius 1 is 0.867 bits per heavy atom. The number of hydrogen-bond acceptors (Lipinski definition) is 1. The maximum atomic E-state index is 13.3. The van der Waals surface area contributed by atoms with Crippen LogP contribution < -0.4 is 0 Å². The van der Waals surface area contributed by atoms with Gasteiger partial charge in [-0.05, 0) is 24.3 Å². The van der Waals surface area contributed by atoms with Gasteiger partial charge < -0.3 is 0 Å². The molecule has 0 aliphatic heterocycles. The number of hydrogen-bond donors (Lipinski definition) is 0. The van der Waals surface area contributed by atoms with Crippen LogP contribution in [0.3, 0.4) is 0 Å². The van der Waals surface area contributed by atoms with Gasteiger partial charge in [0.2, 0.25) is 0 Å². The SMILES string of the molecule is Fc1ccccc1Sc1ccccc1Cl. The largest absolute Gasteiger partial charge is 0.206 e. The second kappa shape index (κ2) is 4.69. The molecule has 0 saturated carbocycles. The second-order valence-electron chi connectivity index (χ2n) is 2.96. The van der Waals surface area contributed by atoms with Gasteiger partial charge in [0, 0.05) is 9.79 Å². The van der Waals surface area contributed by atoms with Crippen molar-refractivity contribution in [1.29, 1.82) is 0 Å². The van der Waals surface area contributed by atoms with E-state index in [9.17, 15) is 4.39 Å². The lowest BCUT2D eigenvalue weighted by Gasteiger charge is -2.04. The van der Waals surface area contributed by atoms with Gasteiger partial charge in [0.1, 0.15) is 5.82 Å². The molecule has 76 valence electrons. The molecule has 0 nitrogen and oxygen atoms in total. The first-order valence-electron chi connectivity index (χ1n) is 4.44. The van der Waals surface area contributed by atoms with E-state index in [1.807, 2.05) is 24.3 Å². The van der Waals surface area contributed by atoms with Crippen LogP contribution in [0.25, 0.3) is 0 Å². The van der Waals surface area contributed by atoms with E-state index in [-0.39, 0.29) is 5.82 Å². The molecule has 0 saturated heterocycles. The molecule has 0 atom stereocenters. The van der Waals surface area contributed by atoms with E-state index in [4.69, 9.17) is 11.6 Å². The molecular weight excluding hydrogens is 231 g/mol. The molecule has 0 aliphatic carbocycles. The smallest absolute Gasteiger partial charge is 0.137 e. The van der Waals surface area contributed by atoms with E-state index in [1.165, 1.54) is 17.8 Å². The highest BCUT2D eigenvalue weighted by molar-refractivity contribution is 7.99. The van der Waals surface area contributed by atoms with E-state index in [1.54, 1.807) is 18.2 Å². The van der Waals surface area contributed by atoms with Crippen molar-refractivity contribution in [3.63, 3.8) is 0 Å². The van der Waals surface area contributed by atoms with Gasteiger partial charge in [-0.1, -0.05) is 47.6 Å². The fourth-order valence-corrected chi connectivity index (χ4v) is 2.29. The van der Waals surface area contributed by atoms with Crippen molar-refractivity contribution in [3.8, 4) is 0 Å². The van der Waals surface area contributed by atoms with Gasteiger partial charge in [-0.2, -0.15) is 0 Å². The monoisotopic (exact) mass is 238 g/mol. The first-order chi connectivity index (χ1) is 7.27. The highest BCUT2D eigenvalue weighted by Crippen LogP contribution is 2.34. The van der Waals surface area contributed by atoms with Gasteiger partial charge in [0.25, 0.3) is 0 Å². The molecule has 0 fully saturated rings. The first kappa shape index (κ1) is 10.5. The fourth-order valence-electron chi connectivity index (χ4n) is 1.17. The van der Waals surface area contributed by atoms with Gasteiger partial charge in [0.15, 0.2) is 0 Å². The Balaban J connectivity index is 2.30. The minimum Gasteiger partial charge on any atom is -0.206 e. The first-order valence-corrected chi connectivity index (χ1v) is 5.64. The van der Waals surface area contributed by atoms with Crippen LogP contribution in [0.4, 0.5) is 4.39 Å². The fraction of sp³-hybridized carbons (Fsp3) is 0. The van der Waals surface area contributed by atoms with E-state index < -0.39 is 0 Å². The third kappa shape index (κ3) is 2.52. The van der Waals surface area contributed by atoms with Crippen LogP contribution in [0.5, 0.6) is 0 Å². The normalized spacial score (nSPS) is 10.3. The summed E-state index contributed by atoms with van der Waals surface area (Å²) in [5, 5.41) is 0.644. The summed E-state index contributed by atoms with van der Waals surface area (Å²) >= 11 is 7.32. The molecule has 0 bridgehead atoms. The average molecular weight is 239 g/mol. The van der Waals surface area contributed by atoms with Crippen LogP contribution in [0.15, 0.2) is 58.3 Å². The average Bonchev–Trinajstić information content (AvgIpc) is 2.24. The van der Waals surface area contributed by atoms with Crippen molar-refractivity contribution in [2.45, 2.75) is 9.79 Å². The zero-order valence-corrected chi connectivity index (χ0v) is 9.36. The molecule has 0 spiro atoms. The molecule has 0 aromatic heterocycles. The Kier molecular flexibility index (Phi) is 3.29. The molecule has 0 N–H and O–H groups in total. The van der Waals surface area contributed by atoms with Crippen molar-refractivity contribution in [2.24, 2.45) is 0 Å². The minimum absolute atomic E-state index is 0.220. The molecule has 15 heavy (non-hydrogen) atoms. The van der Waals surface area contributed by atoms with Crippen LogP contribution in [-0.4, -0.2) is 0 Å². The van der Waals surface area contributed by atoms with E-state index in [0.717, 1.165) is 4.90 Å². The van der Waals surface area contributed by atoms with Crippen molar-refractivity contribution < 1.29 is 4.39 Å². The van der Waals surface area contributed by atoms with Gasteiger partial charge in [0.05, 0.1) is 5.02 Å². The summed E-state index contributed by atoms with van der Waals surface area (Å²) < 4.78 is 13.3. The highest BCUT2D eigenvalue weighted by atomic mass is 35.5. The third-order valence-corrected chi connectivity index (χ3v) is 3.46. The molecule has 0 heterocycles. The minimum atomic E-state index is -0.220. The lowest BCUT2D eigenvalue weighted by molar-refractivity contribution is 0.602. The van der Waals surface area contributed by atoms with Gasteiger partial charge in [-0.15, -0.1) is 0 Å². The molecule has 0 unspecified atom stereocenters. The highest BCUT2D eigenvalue weighted by Gasteiger charge is 2.05. The van der Waals surface area contributed by atoms with Gasteiger partial charge in [-0.3, -0.25) is 0 Å². The zero-order chi connectivity index (χ0) is 10.7. The number of halogens is 2. The van der Waals surface area contributed by atoms with Crippen molar-refractivity contribution in [3.05, 3.63) is 59.4 Å². The van der Waals surface area contributed by atoms with Crippen molar-refractivity contribution >= 4 is 23.4 Å². The zero-order valence-electron chi connectivity index (χ0n) is 7.78. The molecule has 3 heteroatoms. The predicted molar refractivity (Wildman–Crippen MR) is 62.0 cm³/mol.